The zero-order chi connectivity index (χ0) is 15.3. The lowest BCUT2D eigenvalue weighted by Crippen LogP contribution is -2.35. The Morgan fingerprint density at radius 1 is 1.35 bits per heavy atom. The number of carbonyl (C=O) groups is 2. The van der Waals surface area contributed by atoms with Crippen LogP contribution in [0.4, 0.5) is 0 Å². The standard InChI is InChI=1S/C14H19NO5/c1-8(2)10(14(18)19)7-15-13(17)9-4-5-12(20-3)11(16)6-9/h4-6,8,10,16H,7H2,1-3H3,(H,15,17)(H,18,19). The number of nitrogens with one attached hydrogen (secondary N) is 1. The maximum Gasteiger partial charge on any atom is 0.308 e. The average Bonchev–Trinajstić information content (AvgIpc) is 2.37. The van der Waals surface area contributed by atoms with Crippen LogP contribution in [0, 0.1) is 11.8 Å². The number of carboxylic acids is 1. The van der Waals surface area contributed by atoms with Gasteiger partial charge in [0.05, 0.1) is 13.0 Å². The van der Waals surface area contributed by atoms with Crippen LogP contribution in [-0.4, -0.2) is 35.7 Å². The highest BCUT2D eigenvalue weighted by molar-refractivity contribution is 5.95. The number of hydrogen-bond acceptors (Lipinski definition) is 4. The van der Waals surface area contributed by atoms with E-state index in [2.05, 4.69) is 5.32 Å². The van der Waals surface area contributed by atoms with Gasteiger partial charge in [-0.2, -0.15) is 0 Å². The molecule has 0 saturated heterocycles. The topological polar surface area (TPSA) is 95.9 Å². The fourth-order valence-electron chi connectivity index (χ4n) is 1.74. The van der Waals surface area contributed by atoms with E-state index in [9.17, 15) is 14.7 Å². The van der Waals surface area contributed by atoms with Crippen molar-refractivity contribution in [2.24, 2.45) is 11.8 Å². The molecule has 0 bridgehead atoms. The minimum atomic E-state index is -0.946. The van der Waals surface area contributed by atoms with Crippen LogP contribution in [0.1, 0.15) is 24.2 Å². The van der Waals surface area contributed by atoms with Gasteiger partial charge in [0.2, 0.25) is 0 Å². The summed E-state index contributed by atoms with van der Waals surface area (Å²) in [7, 11) is 1.41. The number of carboxylic acid groups (broad SMARTS) is 1. The third kappa shape index (κ3) is 3.88. The highest BCUT2D eigenvalue weighted by Crippen LogP contribution is 2.26. The Morgan fingerprint density at radius 3 is 2.45 bits per heavy atom. The molecule has 1 rings (SSSR count). The van der Waals surface area contributed by atoms with Gasteiger partial charge in [0.1, 0.15) is 0 Å². The van der Waals surface area contributed by atoms with Crippen molar-refractivity contribution in [2.75, 3.05) is 13.7 Å². The van der Waals surface area contributed by atoms with Crippen LogP contribution in [0.25, 0.3) is 0 Å². The summed E-state index contributed by atoms with van der Waals surface area (Å²) in [6.45, 7) is 3.60. The van der Waals surface area contributed by atoms with E-state index in [0.717, 1.165) is 0 Å². The van der Waals surface area contributed by atoms with E-state index in [1.807, 2.05) is 0 Å². The summed E-state index contributed by atoms with van der Waals surface area (Å²) in [6, 6.07) is 4.25. The number of ether oxygens (including phenoxy) is 1. The number of carbonyl (C=O) groups excluding carboxylic acids is 1. The summed E-state index contributed by atoms with van der Waals surface area (Å²) >= 11 is 0. The SMILES string of the molecule is COc1ccc(C(=O)NCC(C(=O)O)C(C)C)cc1O. The first-order valence-electron chi connectivity index (χ1n) is 6.24. The van der Waals surface area contributed by atoms with E-state index in [-0.39, 0.29) is 29.5 Å². The quantitative estimate of drug-likeness (QED) is 0.734. The second kappa shape index (κ2) is 6.79. The second-order valence-electron chi connectivity index (χ2n) is 4.79. The molecule has 0 heterocycles. The third-order valence-corrected chi connectivity index (χ3v) is 3.05. The molecule has 1 aromatic carbocycles. The molecular formula is C14H19NO5. The summed E-state index contributed by atoms with van der Waals surface area (Å²) in [6.07, 6.45) is 0. The van der Waals surface area contributed by atoms with Gasteiger partial charge >= 0.3 is 5.97 Å². The highest BCUT2D eigenvalue weighted by Gasteiger charge is 2.22. The van der Waals surface area contributed by atoms with Crippen molar-refractivity contribution in [2.45, 2.75) is 13.8 Å². The zero-order valence-electron chi connectivity index (χ0n) is 11.7. The molecule has 0 aliphatic heterocycles. The molecule has 1 amide bonds. The van der Waals surface area contributed by atoms with Gasteiger partial charge in [0, 0.05) is 12.1 Å². The van der Waals surface area contributed by atoms with E-state index in [1.165, 1.54) is 25.3 Å². The summed E-state index contributed by atoms with van der Waals surface area (Å²) in [4.78, 5) is 22.9. The van der Waals surface area contributed by atoms with Gasteiger partial charge in [0.15, 0.2) is 11.5 Å². The molecule has 20 heavy (non-hydrogen) atoms. The van der Waals surface area contributed by atoms with Gasteiger partial charge in [-0.1, -0.05) is 13.8 Å². The van der Waals surface area contributed by atoms with Crippen LogP contribution in [0.5, 0.6) is 11.5 Å². The molecule has 0 fully saturated rings. The Balaban J connectivity index is 2.72. The first-order chi connectivity index (χ1) is 9.36. The largest absolute Gasteiger partial charge is 0.504 e. The molecule has 0 aliphatic rings. The lowest BCUT2D eigenvalue weighted by Gasteiger charge is -2.16. The maximum atomic E-state index is 11.9. The van der Waals surface area contributed by atoms with Crippen molar-refractivity contribution >= 4 is 11.9 Å². The Morgan fingerprint density at radius 2 is 2.00 bits per heavy atom. The molecule has 6 nitrogen and oxygen atoms in total. The van der Waals surface area contributed by atoms with Crippen LogP contribution in [0.3, 0.4) is 0 Å². The van der Waals surface area contributed by atoms with Crippen LogP contribution < -0.4 is 10.1 Å². The van der Waals surface area contributed by atoms with E-state index in [0.29, 0.717) is 0 Å². The Hall–Kier alpha value is -2.24. The summed E-state index contributed by atoms with van der Waals surface area (Å²) < 4.78 is 4.88. The van der Waals surface area contributed by atoms with Crippen molar-refractivity contribution < 1.29 is 24.5 Å². The van der Waals surface area contributed by atoms with E-state index in [4.69, 9.17) is 9.84 Å². The monoisotopic (exact) mass is 281 g/mol. The molecular weight excluding hydrogens is 262 g/mol. The normalized spacial score (nSPS) is 12.0. The van der Waals surface area contributed by atoms with Crippen molar-refractivity contribution in [3.8, 4) is 11.5 Å². The minimum absolute atomic E-state index is 0.0403. The second-order valence-corrected chi connectivity index (χ2v) is 4.79. The number of phenols is 1. The molecule has 0 saturated carbocycles. The Bertz CT molecular complexity index is 498. The van der Waals surface area contributed by atoms with Crippen molar-refractivity contribution in [3.05, 3.63) is 23.8 Å². The Kier molecular flexibility index (Phi) is 5.37. The Labute approximate surface area is 117 Å². The molecule has 0 radical (unpaired) electrons. The number of rotatable bonds is 6. The van der Waals surface area contributed by atoms with Gasteiger partial charge in [-0.3, -0.25) is 9.59 Å². The lowest BCUT2D eigenvalue weighted by atomic mass is 9.96. The zero-order valence-corrected chi connectivity index (χ0v) is 11.7. The number of aromatic hydroxyl groups is 1. The number of amides is 1. The highest BCUT2D eigenvalue weighted by atomic mass is 16.5. The van der Waals surface area contributed by atoms with Crippen molar-refractivity contribution in [1.82, 2.24) is 5.32 Å². The fourth-order valence-corrected chi connectivity index (χ4v) is 1.74. The fraction of sp³-hybridized carbons (Fsp3) is 0.429. The number of hydrogen-bond donors (Lipinski definition) is 3. The van der Waals surface area contributed by atoms with E-state index >= 15 is 0 Å². The van der Waals surface area contributed by atoms with E-state index < -0.39 is 17.8 Å². The summed E-state index contributed by atoms with van der Waals surface area (Å²) in [5.74, 6) is -1.98. The van der Waals surface area contributed by atoms with Gasteiger partial charge in [-0.25, -0.2) is 0 Å². The van der Waals surface area contributed by atoms with Crippen LogP contribution in [-0.2, 0) is 4.79 Å². The van der Waals surface area contributed by atoms with Crippen molar-refractivity contribution in [3.63, 3.8) is 0 Å². The number of benzene rings is 1. The van der Waals surface area contributed by atoms with Gasteiger partial charge in [-0.15, -0.1) is 0 Å². The molecule has 1 unspecified atom stereocenters. The van der Waals surface area contributed by atoms with Crippen molar-refractivity contribution in [1.29, 1.82) is 0 Å². The lowest BCUT2D eigenvalue weighted by molar-refractivity contribution is -0.142. The molecule has 1 aromatic rings. The summed E-state index contributed by atoms with van der Waals surface area (Å²) in [5, 5.41) is 21.2. The van der Waals surface area contributed by atoms with Gasteiger partial charge in [-0.05, 0) is 24.1 Å². The molecule has 1 atom stereocenters. The average molecular weight is 281 g/mol. The number of phenolic OH excluding ortho intramolecular Hbond substituents is 1. The molecule has 6 heteroatoms. The predicted octanol–water partition coefficient (Wildman–Crippen LogP) is 1.49. The minimum Gasteiger partial charge on any atom is -0.504 e. The predicted molar refractivity (Wildman–Crippen MR) is 73.0 cm³/mol. The van der Waals surface area contributed by atoms with Gasteiger partial charge in [0.25, 0.3) is 5.91 Å². The third-order valence-electron chi connectivity index (χ3n) is 3.05. The number of methoxy groups -OCH3 is 1. The van der Waals surface area contributed by atoms with Crippen LogP contribution in [0.15, 0.2) is 18.2 Å². The van der Waals surface area contributed by atoms with Crippen LogP contribution >= 0.6 is 0 Å². The maximum absolute atomic E-state index is 11.9. The van der Waals surface area contributed by atoms with Crippen LogP contribution in [0.2, 0.25) is 0 Å². The smallest absolute Gasteiger partial charge is 0.308 e. The molecule has 0 aromatic heterocycles. The van der Waals surface area contributed by atoms with E-state index in [1.54, 1.807) is 13.8 Å². The first kappa shape index (κ1) is 15.8. The van der Waals surface area contributed by atoms with Gasteiger partial charge < -0.3 is 20.3 Å². The number of aliphatic carboxylic acids is 1. The molecule has 0 spiro atoms. The molecule has 0 aliphatic carbocycles. The first-order valence-corrected chi connectivity index (χ1v) is 6.24. The summed E-state index contributed by atoms with van der Waals surface area (Å²) in [5.41, 5.74) is 0.246. The molecule has 110 valence electrons. The molecule has 3 N–H and O–H groups in total.